The van der Waals surface area contributed by atoms with Gasteiger partial charge in [-0.3, -0.25) is 24.1 Å². The van der Waals surface area contributed by atoms with Gasteiger partial charge in [-0.05, 0) is 46.9 Å². The number of carbonyl (C=O) groups is 4. The minimum atomic E-state index is -0.630. The van der Waals surface area contributed by atoms with Crippen molar-refractivity contribution in [1.82, 2.24) is 15.1 Å². The first-order valence-electron chi connectivity index (χ1n) is 12.2. The molecule has 190 valence electrons. The quantitative estimate of drug-likeness (QED) is 0.618. The molecule has 0 aliphatic carbocycles. The summed E-state index contributed by atoms with van der Waals surface area (Å²) in [7, 11) is 0. The summed E-state index contributed by atoms with van der Waals surface area (Å²) in [5.74, 6) is 0.452. The molecule has 5 rings (SSSR count). The zero-order valence-corrected chi connectivity index (χ0v) is 21.5. The van der Waals surface area contributed by atoms with Crippen molar-refractivity contribution < 1.29 is 19.2 Å². The molecule has 1 fully saturated rings. The molecule has 0 radical (unpaired) electrons. The Morgan fingerprint density at radius 3 is 2.43 bits per heavy atom. The molecule has 3 aliphatic heterocycles. The maximum absolute atomic E-state index is 13.2. The SMILES string of the molecule is C=C(NC(=O)C(=C)N1Cc2c(cccc2-c2ccc3c(c2)CCN3C(C)=O)C1=O)C(=O)N1CCSCC1. The lowest BCUT2D eigenvalue weighted by atomic mass is 9.95. The Labute approximate surface area is 220 Å². The van der Waals surface area contributed by atoms with E-state index in [1.165, 1.54) is 4.90 Å². The van der Waals surface area contributed by atoms with Crippen LogP contribution < -0.4 is 10.2 Å². The molecule has 3 aliphatic rings. The summed E-state index contributed by atoms with van der Waals surface area (Å²) in [6.45, 7) is 11.2. The van der Waals surface area contributed by atoms with Crippen molar-refractivity contribution in [2.45, 2.75) is 19.9 Å². The number of nitrogens with zero attached hydrogens (tertiary/aromatic N) is 3. The largest absolute Gasteiger partial charge is 0.336 e. The zero-order chi connectivity index (χ0) is 26.3. The number of amides is 4. The van der Waals surface area contributed by atoms with E-state index in [1.807, 2.05) is 24.3 Å². The van der Waals surface area contributed by atoms with Gasteiger partial charge in [-0.1, -0.05) is 31.4 Å². The summed E-state index contributed by atoms with van der Waals surface area (Å²) >= 11 is 1.78. The maximum atomic E-state index is 13.2. The van der Waals surface area contributed by atoms with Gasteiger partial charge in [-0.15, -0.1) is 0 Å². The van der Waals surface area contributed by atoms with Crippen LogP contribution in [0.15, 0.2) is 61.0 Å². The minimum absolute atomic E-state index is 0.0180. The van der Waals surface area contributed by atoms with E-state index >= 15 is 0 Å². The molecule has 0 spiro atoms. The van der Waals surface area contributed by atoms with Gasteiger partial charge in [-0.25, -0.2) is 0 Å². The smallest absolute Gasteiger partial charge is 0.271 e. The molecule has 0 aromatic heterocycles. The van der Waals surface area contributed by atoms with Crippen LogP contribution in [0.3, 0.4) is 0 Å². The van der Waals surface area contributed by atoms with Crippen LogP contribution in [0.2, 0.25) is 0 Å². The molecular weight excluding hydrogens is 488 g/mol. The van der Waals surface area contributed by atoms with Crippen LogP contribution in [-0.4, -0.2) is 64.6 Å². The monoisotopic (exact) mass is 516 g/mol. The second-order valence-corrected chi connectivity index (χ2v) is 10.5. The standard InChI is InChI=1S/C28H28N4O4S/c1-17(27(35)30-11-13-37-14-12-30)29-26(34)18(2)32-16-24-22(5-4-6-23(24)28(32)36)20-7-8-25-21(15-20)9-10-31(25)19(3)33/h4-8,15H,1-2,9-14,16H2,3H3,(H,29,34). The van der Waals surface area contributed by atoms with Gasteiger partial charge in [0.2, 0.25) is 5.91 Å². The van der Waals surface area contributed by atoms with Crippen LogP contribution in [0.1, 0.15) is 28.4 Å². The second kappa shape index (κ2) is 9.89. The highest BCUT2D eigenvalue weighted by atomic mass is 32.2. The van der Waals surface area contributed by atoms with Crippen molar-refractivity contribution in [3.8, 4) is 11.1 Å². The predicted molar refractivity (Wildman–Crippen MR) is 144 cm³/mol. The summed E-state index contributed by atoms with van der Waals surface area (Å²) in [6.07, 6.45) is 0.776. The highest BCUT2D eigenvalue weighted by molar-refractivity contribution is 7.99. The van der Waals surface area contributed by atoms with E-state index < -0.39 is 5.91 Å². The fraction of sp³-hybridized carbons (Fsp3) is 0.286. The third-order valence-electron chi connectivity index (χ3n) is 7.04. The first kappa shape index (κ1) is 24.8. The normalized spacial score (nSPS) is 16.4. The number of rotatable bonds is 5. The number of fused-ring (bicyclic) bond motifs is 2. The maximum Gasteiger partial charge on any atom is 0.271 e. The molecule has 1 saturated heterocycles. The molecule has 8 nitrogen and oxygen atoms in total. The molecule has 0 unspecified atom stereocenters. The lowest BCUT2D eigenvalue weighted by Crippen LogP contribution is -2.43. The van der Waals surface area contributed by atoms with Crippen molar-refractivity contribution in [2.75, 3.05) is 36.0 Å². The molecule has 4 amide bonds. The van der Waals surface area contributed by atoms with Crippen LogP contribution in [-0.2, 0) is 27.3 Å². The number of thioether (sulfide) groups is 1. The Morgan fingerprint density at radius 1 is 0.973 bits per heavy atom. The van der Waals surface area contributed by atoms with Gasteiger partial charge < -0.3 is 15.1 Å². The molecule has 2 aromatic rings. The molecule has 9 heteroatoms. The molecule has 37 heavy (non-hydrogen) atoms. The van der Waals surface area contributed by atoms with Gasteiger partial charge in [0.25, 0.3) is 17.7 Å². The number of hydrogen-bond donors (Lipinski definition) is 1. The minimum Gasteiger partial charge on any atom is -0.336 e. The fourth-order valence-electron chi connectivity index (χ4n) is 5.06. The second-order valence-electron chi connectivity index (χ2n) is 9.27. The molecular formula is C28H28N4O4S. The van der Waals surface area contributed by atoms with E-state index in [0.717, 1.165) is 45.9 Å². The molecule has 1 N–H and O–H groups in total. The summed E-state index contributed by atoms with van der Waals surface area (Å²) in [5.41, 5.74) is 5.11. The molecule has 3 heterocycles. The molecule has 2 aromatic carbocycles. The summed E-state index contributed by atoms with van der Waals surface area (Å²) < 4.78 is 0. The van der Waals surface area contributed by atoms with Crippen molar-refractivity contribution in [2.24, 2.45) is 0 Å². The Kier molecular flexibility index (Phi) is 6.64. The number of nitrogens with one attached hydrogen (secondary N) is 1. The van der Waals surface area contributed by atoms with E-state index in [9.17, 15) is 19.2 Å². The van der Waals surface area contributed by atoms with Crippen LogP contribution in [0.4, 0.5) is 5.69 Å². The van der Waals surface area contributed by atoms with Gasteiger partial charge >= 0.3 is 0 Å². The van der Waals surface area contributed by atoms with Gasteiger partial charge in [0.15, 0.2) is 0 Å². The predicted octanol–water partition coefficient (Wildman–Crippen LogP) is 2.94. The van der Waals surface area contributed by atoms with Crippen molar-refractivity contribution in [1.29, 1.82) is 0 Å². The molecule has 0 saturated carbocycles. The average Bonchev–Trinajstić information content (AvgIpc) is 3.49. The van der Waals surface area contributed by atoms with E-state index in [2.05, 4.69) is 24.5 Å². The highest BCUT2D eigenvalue weighted by Crippen LogP contribution is 2.37. The van der Waals surface area contributed by atoms with E-state index in [1.54, 1.807) is 34.6 Å². The van der Waals surface area contributed by atoms with Gasteiger partial charge in [0.05, 0.1) is 12.2 Å². The molecule has 0 atom stereocenters. The van der Waals surface area contributed by atoms with Crippen molar-refractivity contribution in [3.05, 3.63) is 77.6 Å². The Morgan fingerprint density at radius 2 is 1.70 bits per heavy atom. The van der Waals surface area contributed by atoms with Gasteiger partial charge in [-0.2, -0.15) is 11.8 Å². The van der Waals surface area contributed by atoms with Crippen molar-refractivity contribution >= 4 is 41.1 Å². The number of anilines is 1. The highest BCUT2D eigenvalue weighted by Gasteiger charge is 2.34. The Bertz CT molecular complexity index is 1360. The van der Waals surface area contributed by atoms with E-state index in [4.69, 9.17) is 0 Å². The summed E-state index contributed by atoms with van der Waals surface area (Å²) in [5, 5.41) is 2.53. The van der Waals surface area contributed by atoms with E-state index in [0.29, 0.717) is 25.2 Å². The Hall–Kier alpha value is -3.85. The first-order valence-corrected chi connectivity index (χ1v) is 13.3. The Balaban J connectivity index is 1.33. The molecule has 0 bridgehead atoms. The van der Waals surface area contributed by atoms with Gasteiger partial charge in [0.1, 0.15) is 5.70 Å². The average molecular weight is 517 g/mol. The van der Waals surface area contributed by atoms with Crippen molar-refractivity contribution in [3.63, 3.8) is 0 Å². The zero-order valence-electron chi connectivity index (χ0n) is 20.7. The fourth-order valence-corrected chi connectivity index (χ4v) is 5.96. The third kappa shape index (κ3) is 4.55. The first-order chi connectivity index (χ1) is 17.8. The van der Waals surface area contributed by atoms with E-state index in [-0.39, 0.29) is 35.7 Å². The number of carbonyl (C=O) groups excluding carboxylic acids is 4. The number of hydrogen-bond acceptors (Lipinski definition) is 5. The number of benzene rings is 2. The van der Waals surface area contributed by atoms with Crippen LogP contribution in [0.25, 0.3) is 11.1 Å². The van der Waals surface area contributed by atoms with Crippen LogP contribution >= 0.6 is 11.8 Å². The lowest BCUT2D eigenvalue weighted by Gasteiger charge is -2.27. The third-order valence-corrected chi connectivity index (χ3v) is 7.99. The lowest BCUT2D eigenvalue weighted by molar-refractivity contribution is -0.129. The summed E-state index contributed by atoms with van der Waals surface area (Å²) in [6, 6.07) is 11.5. The topological polar surface area (TPSA) is 90.0 Å². The van der Waals surface area contributed by atoms with Crippen LogP contribution in [0.5, 0.6) is 0 Å². The van der Waals surface area contributed by atoms with Gasteiger partial charge in [0, 0.05) is 49.3 Å². The summed E-state index contributed by atoms with van der Waals surface area (Å²) in [4.78, 5) is 55.5. The van der Waals surface area contributed by atoms with Crippen LogP contribution in [0, 0.1) is 0 Å².